The fourth-order valence-corrected chi connectivity index (χ4v) is 4.55. The van der Waals surface area contributed by atoms with Gasteiger partial charge < -0.3 is 0 Å². The third kappa shape index (κ3) is 1.78. The van der Waals surface area contributed by atoms with Gasteiger partial charge in [0.05, 0.1) is 0 Å². The summed E-state index contributed by atoms with van der Waals surface area (Å²) in [6, 6.07) is 8.65. The average Bonchev–Trinajstić information content (AvgIpc) is 3.02. The lowest BCUT2D eigenvalue weighted by Crippen LogP contribution is -1.91. The molecule has 0 bridgehead atoms. The molecule has 72 valence electrons. The smallest absolute Gasteiger partial charge is 0.125 e. The van der Waals surface area contributed by atoms with Crippen LogP contribution in [0.1, 0.15) is 9.75 Å². The fraction of sp³-hybridized carbons (Fsp3) is 0. The maximum atomic E-state index is 2.26. The number of allylic oxidation sites excluding steroid dienone is 2. The minimum Gasteiger partial charge on any atom is -0.145 e. The van der Waals surface area contributed by atoms with Crippen LogP contribution in [0.3, 0.4) is 0 Å². The zero-order valence-corrected chi connectivity index (χ0v) is 10.6. The van der Waals surface area contributed by atoms with Crippen LogP contribution in [-0.2, 0) is 0 Å². The average molecular weight is 244 g/mol. The molecule has 0 saturated heterocycles. The normalized spacial score (nSPS) is 15.2. The first-order valence-corrected chi connectivity index (χ1v) is 7.46. The molecular weight excluding hydrogens is 236 g/mol. The van der Waals surface area contributed by atoms with Crippen molar-refractivity contribution in [2.24, 2.45) is 0 Å². The second-order valence-corrected chi connectivity index (χ2v) is 6.46. The number of hydrogen-bond acceptors (Lipinski definition) is 2. The van der Waals surface area contributed by atoms with Gasteiger partial charge in [-0.05, 0) is 33.3 Å². The van der Waals surface area contributed by atoms with E-state index in [1.165, 1.54) is 20.1 Å². The predicted molar refractivity (Wildman–Crippen MR) is 70.3 cm³/mol. The van der Waals surface area contributed by atoms with Gasteiger partial charge in [0.2, 0.25) is 0 Å². The Morgan fingerprint density at radius 1 is 0.800 bits per heavy atom. The van der Waals surface area contributed by atoms with Gasteiger partial charge in [0, 0.05) is 9.75 Å². The zero-order valence-electron chi connectivity index (χ0n) is 7.94. The minimum absolute atomic E-state index is 0.823. The lowest BCUT2D eigenvalue weighted by molar-refractivity contribution is 1.92. The quantitative estimate of drug-likeness (QED) is 0.703. The Kier molecular flexibility index (Phi) is 2.44. The monoisotopic (exact) mass is 244 g/mol. The van der Waals surface area contributed by atoms with Crippen molar-refractivity contribution >= 4 is 42.6 Å². The summed E-state index contributed by atoms with van der Waals surface area (Å²) >= 11 is 3.66. The van der Waals surface area contributed by atoms with Gasteiger partial charge in [0.1, 0.15) is 9.52 Å². The van der Waals surface area contributed by atoms with Crippen molar-refractivity contribution in [1.82, 2.24) is 0 Å². The van der Waals surface area contributed by atoms with Crippen molar-refractivity contribution in [3.05, 3.63) is 56.9 Å². The summed E-state index contributed by atoms with van der Waals surface area (Å²) in [5.74, 6) is 0. The Hall–Kier alpha value is -0.903. The first-order valence-electron chi connectivity index (χ1n) is 4.70. The molecule has 15 heavy (non-hydrogen) atoms. The van der Waals surface area contributed by atoms with E-state index in [-0.39, 0.29) is 0 Å². The molecule has 0 N–H and O–H groups in total. The van der Waals surface area contributed by atoms with Gasteiger partial charge in [-0.25, -0.2) is 0 Å². The van der Waals surface area contributed by atoms with Gasteiger partial charge in [-0.15, -0.1) is 22.7 Å². The molecular formula is C12H8S2Si. The Bertz CT molecular complexity index is 456. The SMILES string of the molecule is C1=C(c2cccs2)[Si]C(c2cccs2)=C1. The third-order valence-corrected chi connectivity index (χ3v) is 5.84. The van der Waals surface area contributed by atoms with Crippen LogP contribution in [0.2, 0.25) is 0 Å². The maximum Gasteiger partial charge on any atom is 0.125 e. The van der Waals surface area contributed by atoms with Crippen LogP contribution in [0.4, 0.5) is 0 Å². The highest BCUT2D eigenvalue weighted by Gasteiger charge is 2.14. The standard InChI is InChI=1S/C12H8S2Si/c1-3-9(13-7-1)11-5-6-12(15-11)10-4-2-8-14-10/h1-8H. The fourth-order valence-electron chi connectivity index (χ4n) is 1.55. The highest BCUT2D eigenvalue weighted by molar-refractivity contribution is 7.14. The summed E-state index contributed by atoms with van der Waals surface area (Å²) in [6.07, 6.45) is 4.53. The van der Waals surface area contributed by atoms with Crippen molar-refractivity contribution in [3.8, 4) is 0 Å². The molecule has 0 saturated carbocycles. The van der Waals surface area contributed by atoms with Gasteiger partial charge >= 0.3 is 0 Å². The number of thiophene rings is 2. The molecule has 1 aliphatic heterocycles. The van der Waals surface area contributed by atoms with Gasteiger partial charge in [0.15, 0.2) is 0 Å². The summed E-state index contributed by atoms with van der Waals surface area (Å²) in [5, 5.41) is 7.25. The summed E-state index contributed by atoms with van der Waals surface area (Å²) in [6.45, 7) is 0. The Labute approximate surface area is 99.4 Å². The molecule has 0 nitrogen and oxygen atoms in total. The highest BCUT2D eigenvalue weighted by atomic mass is 32.1. The van der Waals surface area contributed by atoms with Gasteiger partial charge in [0.25, 0.3) is 0 Å². The van der Waals surface area contributed by atoms with Crippen LogP contribution in [-0.4, -0.2) is 9.52 Å². The molecule has 2 aromatic heterocycles. The van der Waals surface area contributed by atoms with E-state index in [9.17, 15) is 0 Å². The van der Waals surface area contributed by atoms with E-state index >= 15 is 0 Å². The minimum atomic E-state index is 0.823. The van der Waals surface area contributed by atoms with Crippen LogP contribution < -0.4 is 0 Å². The first-order chi connectivity index (χ1) is 7.43. The van der Waals surface area contributed by atoms with Crippen LogP contribution in [0, 0.1) is 0 Å². The molecule has 0 aliphatic carbocycles. The Morgan fingerprint density at radius 2 is 1.33 bits per heavy atom. The van der Waals surface area contributed by atoms with Crippen molar-refractivity contribution in [3.63, 3.8) is 0 Å². The van der Waals surface area contributed by atoms with Crippen LogP contribution in [0.5, 0.6) is 0 Å². The Morgan fingerprint density at radius 3 is 1.73 bits per heavy atom. The zero-order chi connectivity index (χ0) is 10.1. The second kappa shape index (κ2) is 3.93. The third-order valence-electron chi connectivity index (χ3n) is 2.26. The summed E-state index contributed by atoms with van der Waals surface area (Å²) in [4.78, 5) is 2.83. The van der Waals surface area contributed by atoms with E-state index in [1.54, 1.807) is 0 Å². The van der Waals surface area contributed by atoms with Crippen molar-refractivity contribution in [2.45, 2.75) is 0 Å². The van der Waals surface area contributed by atoms with E-state index in [2.05, 4.69) is 47.2 Å². The largest absolute Gasteiger partial charge is 0.145 e. The molecule has 3 heterocycles. The lowest BCUT2D eigenvalue weighted by atomic mass is 10.3. The number of rotatable bonds is 2. The topological polar surface area (TPSA) is 0 Å². The molecule has 0 amide bonds. The van der Waals surface area contributed by atoms with E-state index in [1.807, 2.05) is 22.7 Å². The van der Waals surface area contributed by atoms with Crippen LogP contribution >= 0.6 is 22.7 Å². The van der Waals surface area contributed by atoms with Crippen molar-refractivity contribution < 1.29 is 0 Å². The highest BCUT2D eigenvalue weighted by Crippen LogP contribution is 2.30. The van der Waals surface area contributed by atoms with Gasteiger partial charge in [-0.1, -0.05) is 24.3 Å². The molecule has 0 aromatic carbocycles. The van der Waals surface area contributed by atoms with E-state index in [4.69, 9.17) is 0 Å². The van der Waals surface area contributed by atoms with E-state index in [0.29, 0.717) is 0 Å². The molecule has 2 radical (unpaired) electrons. The first kappa shape index (κ1) is 9.33. The van der Waals surface area contributed by atoms with Crippen molar-refractivity contribution in [1.29, 1.82) is 0 Å². The maximum absolute atomic E-state index is 2.26. The Balaban J connectivity index is 1.82. The summed E-state index contributed by atoms with van der Waals surface area (Å²) in [5.41, 5.74) is 0. The molecule has 3 heteroatoms. The van der Waals surface area contributed by atoms with Gasteiger partial charge in [-0.3, -0.25) is 0 Å². The predicted octanol–water partition coefficient (Wildman–Crippen LogP) is 3.91. The van der Waals surface area contributed by atoms with E-state index < -0.39 is 0 Å². The van der Waals surface area contributed by atoms with E-state index in [0.717, 1.165) is 9.52 Å². The molecule has 0 unspecified atom stereocenters. The number of hydrogen-bond donors (Lipinski definition) is 0. The summed E-state index contributed by atoms with van der Waals surface area (Å²) < 4.78 is 0. The molecule has 0 fully saturated rings. The van der Waals surface area contributed by atoms with Gasteiger partial charge in [-0.2, -0.15) is 0 Å². The molecule has 0 atom stereocenters. The van der Waals surface area contributed by atoms with Crippen molar-refractivity contribution in [2.75, 3.05) is 0 Å². The molecule has 1 aliphatic rings. The summed E-state index contributed by atoms with van der Waals surface area (Å²) in [7, 11) is 0.823. The van der Waals surface area contributed by atoms with Crippen LogP contribution in [0.15, 0.2) is 47.2 Å². The second-order valence-electron chi connectivity index (χ2n) is 3.24. The molecule has 2 aromatic rings. The molecule has 0 spiro atoms. The molecule has 3 rings (SSSR count). The van der Waals surface area contributed by atoms with Crippen LogP contribution in [0.25, 0.3) is 10.4 Å². The lowest BCUT2D eigenvalue weighted by Gasteiger charge is -1.99.